The Balaban J connectivity index is 1.74. The summed E-state index contributed by atoms with van der Waals surface area (Å²) in [5, 5.41) is 9.05. The van der Waals surface area contributed by atoms with Gasteiger partial charge in [0.2, 0.25) is 10.0 Å². The van der Waals surface area contributed by atoms with Crippen LogP contribution in [0.2, 0.25) is 0 Å². The van der Waals surface area contributed by atoms with Crippen molar-refractivity contribution in [3.63, 3.8) is 0 Å². The van der Waals surface area contributed by atoms with E-state index < -0.39 is 22.4 Å². The number of anilines is 1. The smallest absolute Gasteiger partial charge is 0.481 e. The van der Waals surface area contributed by atoms with Gasteiger partial charge >= 0.3 is 12.3 Å². The molecule has 32 heavy (non-hydrogen) atoms. The summed E-state index contributed by atoms with van der Waals surface area (Å²) in [6, 6.07) is 9.65. The first-order valence-corrected chi connectivity index (χ1v) is 11.2. The Morgan fingerprint density at radius 1 is 1.16 bits per heavy atom. The van der Waals surface area contributed by atoms with E-state index in [1.54, 1.807) is 13.0 Å². The van der Waals surface area contributed by atoms with Gasteiger partial charge < -0.3 is 14.7 Å². The van der Waals surface area contributed by atoms with Crippen molar-refractivity contribution >= 4 is 21.7 Å². The molecule has 1 N–H and O–H groups in total. The number of alkyl halides is 3. The Morgan fingerprint density at radius 3 is 2.38 bits per heavy atom. The average molecular weight is 472 g/mol. The lowest BCUT2D eigenvalue weighted by molar-refractivity contribution is -0.274. The van der Waals surface area contributed by atoms with Crippen molar-refractivity contribution in [2.45, 2.75) is 37.6 Å². The largest absolute Gasteiger partial charge is 0.573 e. The van der Waals surface area contributed by atoms with Crippen LogP contribution in [-0.4, -0.2) is 55.8 Å². The molecule has 174 valence electrons. The fraction of sp³-hybridized carbons (Fsp3) is 0.381. The quantitative estimate of drug-likeness (QED) is 0.693. The van der Waals surface area contributed by atoms with Gasteiger partial charge in [0.15, 0.2) is 0 Å². The highest BCUT2D eigenvalue weighted by atomic mass is 32.2. The summed E-state index contributed by atoms with van der Waals surface area (Å²) in [5.41, 5.74) is 1.79. The van der Waals surface area contributed by atoms with Gasteiger partial charge in [0.05, 0.1) is 11.3 Å². The molecule has 0 bridgehead atoms. The predicted molar refractivity (Wildman–Crippen MR) is 111 cm³/mol. The van der Waals surface area contributed by atoms with Gasteiger partial charge in [0.1, 0.15) is 5.75 Å². The molecular formula is C21H23F3N2O5S. The van der Waals surface area contributed by atoms with Crippen molar-refractivity contribution in [2.24, 2.45) is 0 Å². The van der Waals surface area contributed by atoms with Gasteiger partial charge in [-0.2, -0.15) is 4.31 Å². The van der Waals surface area contributed by atoms with E-state index in [0.717, 1.165) is 0 Å². The maximum atomic E-state index is 13.1. The summed E-state index contributed by atoms with van der Waals surface area (Å²) in [6.07, 6.45) is -5.04. The second kappa shape index (κ2) is 8.99. The summed E-state index contributed by atoms with van der Waals surface area (Å²) in [7, 11) is -3.83. The molecule has 1 fully saturated rings. The molecular weight excluding hydrogens is 449 g/mol. The molecule has 1 aliphatic rings. The summed E-state index contributed by atoms with van der Waals surface area (Å²) >= 11 is 0. The Labute approximate surface area is 184 Å². The highest BCUT2D eigenvalue weighted by Gasteiger charge is 2.33. The first-order valence-electron chi connectivity index (χ1n) is 9.81. The van der Waals surface area contributed by atoms with Crippen LogP contribution in [0.25, 0.3) is 0 Å². The molecule has 1 aliphatic heterocycles. The van der Waals surface area contributed by atoms with Gasteiger partial charge in [-0.1, -0.05) is 6.07 Å². The number of benzene rings is 2. The fourth-order valence-corrected chi connectivity index (χ4v) is 5.24. The van der Waals surface area contributed by atoms with E-state index >= 15 is 0 Å². The van der Waals surface area contributed by atoms with Gasteiger partial charge in [0, 0.05) is 31.4 Å². The molecule has 1 heterocycles. The minimum absolute atomic E-state index is 0.0358. The number of hydrogen-bond acceptors (Lipinski definition) is 5. The molecule has 0 aliphatic carbocycles. The van der Waals surface area contributed by atoms with Crippen molar-refractivity contribution in [2.75, 3.05) is 24.5 Å². The SMILES string of the molecule is Cc1ccc(S(=O)(=O)N2CCN(c3ccc(OC(F)(F)F)cc3)[C@@H](C)C2)cc1CC(=O)O. The second-order valence-corrected chi connectivity index (χ2v) is 9.54. The average Bonchev–Trinajstić information content (AvgIpc) is 2.68. The fourth-order valence-electron chi connectivity index (χ4n) is 3.68. The highest BCUT2D eigenvalue weighted by Crippen LogP contribution is 2.29. The van der Waals surface area contributed by atoms with E-state index in [4.69, 9.17) is 5.11 Å². The minimum Gasteiger partial charge on any atom is -0.481 e. The lowest BCUT2D eigenvalue weighted by Crippen LogP contribution is -2.53. The maximum absolute atomic E-state index is 13.1. The zero-order chi connectivity index (χ0) is 23.7. The molecule has 2 aromatic carbocycles. The number of aliphatic carboxylic acids is 1. The van der Waals surface area contributed by atoms with Crippen molar-refractivity contribution in [3.8, 4) is 5.75 Å². The van der Waals surface area contributed by atoms with Crippen LogP contribution >= 0.6 is 0 Å². The van der Waals surface area contributed by atoms with Crippen LogP contribution in [0.4, 0.5) is 18.9 Å². The number of rotatable bonds is 6. The number of aryl methyl sites for hydroxylation is 1. The number of sulfonamides is 1. The van der Waals surface area contributed by atoms with Gasteiger partial charge in [0.25, 0.3) is 0 Å². The number of carboxylic acids is 1. The summed E-state index contributed by atoms with van der Waals surface area (Å²) in [5.74, 6) is -1.37. The molecule has 1 saturated heterocycles. The van der Waals surface area contributed by atoms with E-state index in [2.05, 4.69) is 4.74 Å². The molecule has 0 amide bonds. The zero-order valence-electron chi connectivity index (χ0n) is 17.5. The van der Waals surface area contributed by atoms with E-state index in [9.17, 15) is 26.4 Å². The number of ether oxygens (including phenoxy) is 1. The Bertz CT molecular complexity index is 1090. The predicted octanol–water partition coefficient (Wildman–Crippen LogP) is 3.42. The zero-order valence-corrected chi connectivity index (χ0v) is 18.3. The Kier molecular flexibility index (Phi) is 6.70. The van der Waals surface area contributed by atoms with Crippen LogP contribution in [0, 0.1) is 6.92 Å². The standard InChI is InChI=1S/C21H23F3N2O5S/c1-14-3-8-19(11-16(14)12-20(27)28)32(29,30)25-9-10-26(15(2)13-25)17-4-6-18(7-5-17)31-21(22,23)24/h3-8,11,15H,9-10,12-13H2,1-2H3,(H,27,28)/t15-/m0/s1. The highest BCUT2D eigenvalue weighted by molar-refractivity contribution is 7.89. The molecule has 0 unspecified atom stereocenters. The second-order valence-electron chi connectivity index (χ2n) is 7.61. The van der Waals surface area contributed by atoms with Gasteiger partial charge in [-0.05, 0) is 61.4 Å². The lowest BCUT2D eigenvalue weighted by Gasteiger charge is -2.40. The van der Waals surface area contributed by atoms with E-state index in [1.807, 2.05) is 11.8 Å². The first kappa shape index (κ1) is 23.9. The molecule has 0 aromatic heterocycles. The third kappa shape index (κ3) is 5.52. The number of nitrogens with zero attached hydrogens (tertiary/aromatic N) is 2. The molecule has 0 saturated carbocycles. The number of hydrogen-bond donors (Lipinski definition) is 1. The van der Waals surface area contributed by atoms with Crippen molar-refractivity contribution in [1.29, 1.82) is 0 Å². The first-order chi connectivity index (χ1) is 14.9. The molecule has 0 spiro atoms. The topological polar surface area (TPSA) is 87.2 Å². The maximum Gasteiger partial charge on any atom is 0.573 e. The van der Waals surface area contributed by atoms with Crippen LogP contribution in [0.15, 0.2) is 47.4 Å². The van der Waals surface area contributed by atoms with Crippen LogP contribution in [0.1, 0.15) is 18.1 Å². The Morgan fingerprint density at radius 2 is 1.81 bits per heavy atom. The minimum atomic E-state index is -4.77. The van der Waals surface area contributed by atoms with Gasteiger partial charge in [-0.3, -0.25) is 4.79 Å². The van der Waals surface area contributed by atoms with Crippen molar-refractivity contribution in [3.05, 3.63) is 53.6 Å². The molecule has 11 heteroatoms. The lowest BCUT2D eigenvalue weighted by atomic mass is 10.1. The Hall–Kier alpha value is -2.79. The van der Waals surface area contributed by atoms with Crippen molar-refractivity contribution < 1.29 is 36.2 Å². The summed E-state index contributed by atoms with van der Waals surface area (Å²) in [4.78, 5) is 13.0. The van der Waals surface area contributed by atoms with E-state index in [1.165, 1.54) is 40.7 Å². The molecule has 0 radical (unpaired) electrons. The van der Waals surface area contributed by atoms with Crippen molar-refractivity contribution in [1.82, 2.24) is 4.31 Å². The molecule has 3 rings (SSSR count). The normalized spacial score (nSPS) is 17.9. The molecule has 7 nitrogen and oxygen atoms in total. The summed E-state index contributed by atoms with van der Waals surface area (Å²) in [6.45, 7) is 4.24. The van der Waals surface area contributed by atoms with Gasteiger partial charge in [-0.25, -0.2) is 8.42 Å². The van der Waals surface area contributed by atoms with E-state index in [-0.39, 0.29) is 36.2 Å². The monoisotopic (exact) mass is 472 g/mol. The number of carboxylic acid groups (broad SMARTS) is 1. The number of piperazine rings is 1. The van der Waals surface area contributed by atoms with Crippen LogP contribution in [0.3, 0.4) is 0 Å². The van der Waals surface area contributed by atoms with Crippen LogP contribution in [0.5, 0.6) is 5.75 Å². The van der Waals surface area contributed by atoms with E-state index in [0.29, 0.717) is 23.4 Å². The molecule has 1 atom stereocenters. The number of halogens is 3. The third-order valence-electron chi connectivity index (χ3n) is 5.29. The molecule has 2 aromatic rings. The summed E-state index contributed by atoms with van der Waals surface area (Å²) < 4.78 is 68.5. The van der Waals surface area contributed by atoms with Gasteiger partial charge in [-0.15, -0.1) is 13.2 Å². The van der Waals surface area contributed by atoms with Crippen LogP contribution < -0.4 is 9.64 Å². The third-order valence-corrected chi connectivity index (χ3v) is 7.15. The van der Waals surface area contributed by atoms with Crippen LogP contribution in [-0.2, 0) is 21.2 Å². The number of carbonyl (C=O) groups is 1.